The normalized spacial score (nSPS) is 23.2. The molecule has 0 amide bonds. The van der Waals surface area contributed by atoms with E-state index in [1.54, 1.807) is 18.2 Å². The molecule has 0 aliphatic carbocycles. The van der Waals surface area contributed by atoms with E-state index in [0.717, 1.165) is 5.56 Å². The van der Waals surface area contributed by atoms with Crippen molar-refractivity contribution in [1.29, 1.82) is 0 Å². The molecule has 1 atom stereocenters. The monoisotopic (exact) mass is 269 g/mol. The minimum Gasteiger partial charge on any atom is -0.480 e. The van der Waals surface area contributed by atoms with Crippen molar-refractivity contribution in [3.05, 3.63) is 35.4 Å². The van der Waals surface area contributed by atoms with Crippen LogP contribution in [0.1, 0.15) is 23.5 Å². The molecule has 0 bridgehead atoms. The van der Waals surface area contributed by atoms with Gasteiger partial charge in [0.05, 0.1) is 19.0 Å². The fourth-order valence-corrected chi connectivity index (χ4v) is 2.63. The third kappa shape index (κ3) is 3.29. The Hall–Kier alpha value is -1.49. The zero-order valence-corrected chi connectivity index (χ0v) is 10.8. The van der Waals surface area contributed by atoms with Crippen molar-refractivity contribution < 1.29 is 18.7 Å². The molecule has 0 saturated carbocycles. The Morgan fingerprint density at radius 2 is 2.26 bits per heavy atom. The van der Waals surface area contributed by atoms with Crippen molar-refractivity contribution in [2.75, 3.05) is 19.6 Å². The first-order valence-corrected chi connectivity index (χ1v) is 6.27. The summed E-state index contributed by atoms with van der Waals surface area (Å²) >= 11 is 0. The number of likely N-dealkylation sites (tertiary alicyclic amines) is 1. The molecule has 1 saturated heterocycles. The molecule has 1 N–H and O–H groups in total. The third-order valence-corrected chi connectivity index (χ3v) is 3.48. The summed E-state index contributed by atoms with van der Waals surface area (Å²) in [4.78, 5) is 11.9. The summed E-state index contributed by atoms with van der Waals surface area (Å²) in [7, 11) is 0. The number of halogens is 2. The van der Waals surface area contributed by atoms with Gasteiger partial charge in [-0.25, -0.2) is 8.78 Å². The van der Waals surface area contributed by atoms with Gasteiger partial charge in [-0.1, -0.05) is 29.8 Å². The second-order valence-corrected chi connectivity index (χ2v) is 5.12. The summed E-state index contributed by atoms with van der Waals surface area (Å²) in [5.41, 5.74) is 1.60. The molecule has 1 aromatic rings. The average Bonchev–Trinajstić information content (AvgIpc) is 2.26. The molecular formula is C14H17F2NO2. The van der Waals surface area contributed by atoms with Crippen molar-refractivity contribution in [1.82, 2.24) is 4.90 Å². The van der Waals surface area contributed by atoms with E-state index in [2.05, 4.69) is 0 Å². The molecule has 1 fully saturated rings. The molecule has 0 aromatic heterocycles. The number of benzene rings is 1. The van der Waals surface area contributed by atoms with Crippen LogP contribution in [0.15, 0.2) is 24.3 Å². The Morgan fingerprint density at radius 3 is 2.84 bits per heavy atom. The highest BCUT2D eigenvalue weighted by atomic mass is 19.3. The Kier molecular flexibility index (Phi) is 3.85. The highest BCUT2D eigenvalue weighted by Gasteiger charge is 2.45. The number of hydrogen-bond acceptors (Lipinski definition) is 2. The molecule has 0 spiro atoms. The van der Waals surface area contributed by atoms with E-state index >= 15 is 0 Å². The summed E-state index contributed by atoms with van der Waals surface area (Å²) in [6, 6.07) is 7.16. The van der Waals surface area contributed by atoms with Crippen LogP contribution in [0, 0.1) is 6.92 Å². The number of carboxylic acids is 1. The van der Waals surface area contributed by atoms with Crippen LogP contribution in [-0.4, -0.2) is 41.5 Å². The molecule has 3 nitrogen and oxygen atoms in total. The van der Waals surface area contributed by atoms with Crippen LogP contribution in [0.5, 0.6) is 0 Å². The lowest BCUT2D eigenvalue weighted by Crippen LogP contribution is -2.48. The van der Waals surface area contributed by atoms with Gasteiger partial charge in [-0.05, 0) is 25.5 Å². The molecule has 1 aliphatic heterocycles. The third-order valence-electron chi connectivity index (χ3n) is 3.48. The van der Waals surface area contributed by atoms with Crippen molar-refractivity contribution >= 4 is 5.97 Å². The quantitative estimate of drug-likeness (QED) is 0.916. The van der Waals surface area contributed by atoms with Gasteiger partial charge >= 0.3 is 5.97 Å². The fourth-order valence-electron chi connectivity index (χ4n) is 2.63. The number of hydrogen-bond donors (Lipinski definition) is 1. The highest BCUT2D eigenvalue weighted by Crippen LogP contribution is 2.40. The minimum absolute atomic E-state index is 0.281. The first-order chi connectivity index (χ1) is 8.88. The lowest BCUT2D eigenvalue weighted by Gasteiger charge is -2.38. The van der Waals surface area contributed by atoms with E-state index in [9.17, 15) is 13.6 Å². The molecule has 1 aromatic carbocycles. The molecule has 104 valence electrons. The van der Waals surface area contributed by atoms with Crippen LogP contribution in [0.25, 0.3) is 0 Å². The number of piperidine rings is 1. The number of alkyl halides is 2. The topological polar surface area (TPSA) is 40.5 Å². The summed E-state index contributed by atoms with van der Waals surface area (Å²) in [6.07, 6.45) is 0.281. The summed E-state index contributed by atoms with van der Waals surface area (Å²) in [6.45, 7) is 1.45. The molecule has 0 radical (unpaired) electrons. The highest BCUT2D eigenvalue weighted by molar-refractivity contribution is 5.69. The van der Waals surface area contributed by atoms with Crippen LogP contribution >= 0.6 is 0 Å². The minimum atomic E-state index is -2.89. The largest absolute Gasteiger partial charge is 0.480 e. The van der Waals surface area contributed by atoms with Gasteiger partial charge < -0.3 is 5.11 Å². The number of aryl methyl sites for hydroxylation is 1. The zero-order valence-electron chi connectivity index (χ0n) is 10.8. The Balaban J connectivity index is 2.14. The van der Waals surface area contributed by atoms with E-state index < -0.39 is 24.4 Å². The zero-order chi connectivity index (χ0) is 14.0. The maximum Gasteiger partial charge on any atom is 0.317 e. The summed E-state index contributed by atoms with van der Waals surface area (Å²) in [5, 5.41) is 8.67. The molecule has 5 heteroatoms. The Morgan fingerprint density at radius 1 is 1.53 bits per heavy atom. The van der Waals surface area contributed by atoms with Gasteiger partial charge in [-0.15, -0.1) is 0 Å². The van der Waals surface area contributed by atoms with Gasteiger partial charge in [0.25, 0.3) is 5.92 Å². The fraction of sp³-hybridized carbons (Fsp3) is 0.500. The molecule has 1 unspecified atom stereocenters. The molecule has 19 heavy (non-hydrogen) atoms. The predicted molar refractivity (Wildman–Crippen MR) is 67.6 cm³/mol. The smallest absolute Gasteiger partial charge is 0.317 e. The lowest BCUT2D eigenvalue weighted by molar-refractivity contribution is -0.141. The van der Waals surface area contributed by atoms with E-state index in [4.69, 9.17) is 5.11 Å². The van der Waals surface area contributed by atoms with Gasteiger partial charge in [0, 0.05) is 0 Å². The van der Waals surface area contributed by atoms with Gasteiger partial charge in [0.15, 0.2) is 0 Å². The van der Waals surface area contributed by atoms with Crippen molar-refractivity contribution in [2.45, 2.75) is 25.2 Å². The average molecular weight is 269 g/mol. The Labute approximate surface area is 110 Å². The second kappa shape index (κ2) is 5.25. The second-order valence-electron chi connectivity index (χ2n) is 5.12. The number of rotatable bonds is 3. The van der Waals surface area contributed by atoms with E-state index in [1.165, 1.54) is 4.90 Å². The predicted octanol–water partition coefficient (Wildman–Crippen LogP) is 2.50. The number of aliphatic carboxylic acids is 1. The van der Waals surface area contributed by atoms with Crippen molar-refractivity contribution in [3.63, 3.8) is 0 Å². The van der Waals surface area contributed by atoms with E-state index in [-0.39, 0.29) is 13.0 Å². The molecular weight excluding hydrogens is 252 g/mol. The van der Waals surface area contributed by atoms with Gasteiger partial charge in [-0.3, -0.25) is 9.69 Å². The summed E-state index contributed by atoms with van der Waals surface area (Å²) < 4.78 is 28.3. The van der Waals surface area contributed by atoms with Crippen molar-refractivity contribution in [3.8, 4) is 0 Å². The van der Waals surface area contributed by atoms with Crippen LogP contribution in [0.4, 0.5) is 8.78 Å². The SMILES string of the molecule is Cc1cccc(C2CCN(CC(=O)O)CC2(F)F)c1. The number of carboxylic acid groups (broad SMARTS) is 1. The maximum absolute atomic E-state index is 14.2. The molecule has 1 heterocycles. The van der Waals surface area contributed by atoms with Crippen LogP contribution < -0.4 is 0 Å². The van der Waals surface area contributed by atoms with Gasteiger partial charge in [-0.2, -0.15) is 0 Å². The Bertz CT molecular complexity index is 476. The van der Waals surface area contributed by atoms with E-state index in [1.807, 2.05) is 13.0 Å². The van der Waals surface area contributed by atoms with Crippen LogP contribution in [-0.2, 0) is 4.79 Å². The lowest BCUT2D eigenvalue weighted by atomic mass is 9.85. The van der Waals surface area contributed by atoms with E-state index in [0.29, 0.717) is 12.1 Å². The molecule has 1 aliphatic rings. The first kappa shape index (κ1) is 13.9. The standard InChI is InChI=1S/C14H17F2NO2/c1-10-3-2-4-11(7-10)12-5-6-17(8-13(18)19)9-14(12,15)16/h2-4,7,12H,5-6,8-9H2,1H3,(H,18,19). The molecule has 2 rings (SSSR count). The number of nitrogens with zero attached hydrogens (tertiary/aromatic N) is 1. The summed E-state index contributed by atoms with van der Waals surface area (Å²) in [5.74, 6) is -4.77. The van der Waals surface area contributed by atoms with Crippen molar-refractivity contribution in [2.24, 2.45) is 0 Å². The maximum atomic E-state index is 14.2. The van der Waals surface area contributed by atoms with Gasteiger partial charge in [0.2, 0.25) is 0 Å². The van der Waals surface area contributed by atoms with Crippen LogP contribution in [0.2, 0.25) is 0 Å². The van der Waals surface area contributed by atoms with Crippen LogP contribution in [0.3, 0.4) is 0 Å². The first-order valence-electron chi connectivity index (χ1n) is 6.27. The number of carbonyl (C=O) groups is 1. The van der Waals surface area contributed by atoms with Gasteiger partial charge in [0.1, 0.15) is 0 Å².